The van der Waals surface area contributed by atoms with Crippen LogP contribution in [0.4, 0.5) is 4.79 Å². The molecule has 0 radical (unpaired) electrons. The molecule has 2 heterocycles. The summed E-state index contributed by atoms with van der Waals surface area (Å²) in [5.41, 5.74) is 0.773. The monoisotopic (exact) mass is 308 g/mol. The lowest BCUT2D eigenvalue weighted by Gasteiger charge is -2.33. The molecule has 0 spiro atoms. The van der Waals surface area contributed by atoms with Crippen molar-refractivity contribution in [2.75, 3.05) is 13.1 Å². The van der Waals surface area contributed by atoms with Crippen LogP contribution in [-0.4, -0.2) is 35.1 Å². The number of rotatable bonds is 3. The van der Waals surface area contributed by atoms with E-state index in [1.54, 1.807) is 11.3 Å². The molecule has 0 aromatic carbocycles. The molecule has 2 N–H and O–H groups in total. The van der Waals surface area contributed by atoms with E-state index in [1.807, 2.05) is 11.4 Å². The Hall–Kier alpha value is -1.56. The Kier molecular flexibility index (Phi) is 4.14. The third-order valence-electron chi connectivity index (χ3n) is 4.48. The van der Waals surface area contributed by atoms with E-state index in [1.165, 1.54) is 17.7 Å². The average Bonchev–Trinajstić information content (AvgIpc) is 3.14. The first-order valence-corrected chi connectivity index (χ1v) is 8.38. The van der Waals surface area contributed by atoms with Gasteiger partial charge in [0.2, 0.25) is 0 Å². The summed E-state index contributed by atoms with van der Waals surface area (Å²) in [6.45, 7) is 1.14. The number of carboxylic acid groups (broad SMARTS) is 1. The second kappa shape index (κ2) is 6.05. The standard InChI is InChI=1S/C15H20N2O3S/c18-14(19)13-11-6-8-21-12(11)5-7-17(13)15(20)16-9-10-3-1-2-4-10/h6,8,10,13H,1-5,7,9H2,(H,16,20)(H,18,19). The fraction of sp³-hybridized carbons (Fsp3) is 0.600. The number of thiophene rings is 1. The summed E-state index contributed by atoms with van der Waals surface area (Å²) in [6, 6.07) is 0.740. The molecule has 1 atom stereocenters. The third kappa shape index (κ3) is 2.90. The highest BCUT2D eigenvalue weighted by Gasteiger charge is 2.36. The molecule has 1 aliphatic carbocycles. The van der Waals surface area contributed by atoms with Gasteiger partial charge in [0.25, 0.3) is 0 Å². The molecule has 114 valence electrons. The fourth-order valence-electron chi connectivity index (χ4n) is 3.35. The maximum absolute atomic E-state index is 12.4. The van der Waals surface area contributed by atoms with Gasteiger partial charge in [0.1, 0.15) is 0 Å². The van der Waals surface area contributed by atoms with Gasteiger partial charge < -0.3 is 15.3 Å². The molecule has 21 heavy (non-hydrogen) atoms. The van der Waals surface area contributed by atoms with Crippen LogP contribution in [0, 0.1) is 5.92 Å². The number of hydrogen-bond acceptors (Lipinski definition) is 3. The van der Waals surface area contributed by atoms with Crippen molar-refractivity contribution in [1.29, 1.82) is 0 Å². The largest absolute Gasteiger partial charge is 0.479 e. The number of hydrogen-bond donors (Lipinski definition) is 2. The minimum Gasteiger partial charge on any atom is -0.479 e. The van der Waals surface area contributed by atoms with Crippen molar-refractivity contribution in [3.63, 3.8) is 0 Å². The van der Waals surface area contributed by atoms with Crippen molar-refractivity contribution in [2.45, 2.75) is 38.1 Å². The van der Waals surface area contributed by atoms with Gasteiger partial charge in [0, 0.05) is 18.0 Å². The summed E-state index contributed by atoms with van der Waals surface area (Å²) >= 11 is 1.57. The molecule has 1 aromatic rings. The van der Waals surface area contributed by atoms with Gasteiger partial charge in [-0.2, -0.15) is 0 Å². The molecule has 2 amide bonds. The predicted molar refractivity (Wildman–Crippen MR) is 80.5 cm³/mol. The summed E-state index contributed by atoms with van der Waals surface area (Å²) in [6.07, 6.45) is 5.54. The van der Waals surface area contributed by atoms with Crippen LogP contribution in [0.15, 0.2) is 11.4 Å². The lowest BCUT2D eigenvalue weighted by atomic mass is 10.0. The number of urea groups is 1. The van der Waals surface area contributed by atoms with Crippen LogP contribution in [-0.2, 0) is 11.2 Å². The quantitative estimate of drug-likeness (QED) is 0.902. The van der Waals surface area contributed by atoms with Crippen molar-refractivity contribution in [1.82, 2.24) is 10.2 Å². The highest BCUT2D eigenvalue weighted by molar-refractivity contribution is 7.10. The van der Waals surface area contributed by atoms with Gasteiger partial charge in [-0.1, -0.05) is 12.8 Å². The van der Waals surface area contributed by atoms with E-state index < -0.39 is 12.0 Å². The number of carbonyl (C=O) groups is 2. The Balaban J connectivity index is 1.68. The minimum atomic E-state index is -0.953. The Labute approximate surface area is 128 Å². The summed E-state index contributed by atoms with van der Waals surface area (Å²) in [5, 5.41) is 14.3. The predicted octanol–water partition coefficient (Wildman–Crippen LogP) is 2.63. The van der Waals surface area contributed by atoms with Crippen molar-refractivity contribution < 1.29 is 14.7 Å². The van der Waals surface area contributed by atoms with Gasteiger partial charge in [0.15, 0.2) is 6.04 Å². The summed E-state index contributed by atoms with van der Waals surface area (Å²) in [5.74, 6) is -0.399. The number of amides is 2. The molecule has 2 aliphatic rings. The zero-order valence-corrected chi connectivity index (χ0v) is 12.7. The zero-order valence-electron chi connectivity index (χ0n) is 11.9. The van der Waals surface area contributed by atoms with E-state index >= 15 is 0 Å². The second-order valence-corrected chi connectivity index (χ2v) is 6.82. The van der Waals surface area contributed by atoms with E-state index in [0.717, 1.165) is 29.7 Å². The molecule has 1 fully saturated rings. The van der Waals surface area contributed by atoms with Crippen LogP contribution >= 0.6 is 11.3 Å². The molecule has 1 aliphatic heterocycles. The van der Waals surface area contributed by atoms with Crippen LogP contribution in [0.2, 0.25) is 0 Å². The maximum atomic E-state index is 12.4. The maximum Gasteiger partial charge on any atom is 0.331 e. The van der Waals surface area contributed by atoms with Crippen molar-refractivity contribution in [2.24, 2.45) is 5.92 Å². The molecule has 0 bridgehead atoms. The summed E-state index contributed by atoms with van der Waals surface area (Å²) in [7, 11) is 0. The fourth-order valence-corrected chi connectivity index (χ4v) is 4.25. The topological polar surface area (TPSA) is 69.6 Å². The number of aliphatic carboxylic acids is 1. The van der Waals surface area contributed by atoms with Gasteiger partial charge in [-0.3, -0.25) is 0 Å². The SMILES string of the molecule is O=C(O)C1c2ccsc2CCN1C(=O)NCC1CCCC1. The zero-order chi connectivity index (χ0) is 14.8. The molecule has 3 rings (SSSR count). The molecule has 5 nitrogen and oxygen atoms in total. The minimum absolute atomic E-state index is 0.244. The number of fused-ring (bicyclic) bond motifs is 1. The first-order chi connectivity index (χ1) is 10.2. The number of nitrogens with one attached hydrogen (secondary N) is 1. The van der Waals surface area contributed by atoms with Crippen LogP contribution in [0.25, 0.3) is 0 Å². The third-order valence-corrected chi connectivity index (χ3v) is 5.47. The lowest BCUT2D eigenvalue weighted by Crippen LogP contribution is -2.48. The van der Waals surface area contributed by atoms with E-state index in [2.05, 4.69) is 5.32 Å². The van der Waals surface area contributed by atoms with Gasteiger partial charge in [-0.15, -0.1) is 11.3 Å². The Morgan fingerprint density at radius 3 is 2.86 bits per heavy atom. The van der Waals surface area contributed by atoms with E-state index in [4.69, 9.17) is 0 Å². The highest BCUT2D eigenvalue weighted by atomic mass is 32.1. The first kappa shape index (κ1) is 14.4. The Morgan fingerprint density at radius 1 is 1.38 bits per heavy atom. The van der Waals surface area contributed by atoms with Crippen LogP contribution < -0.4 is 5.32 Å². The van der Waals surface area contributed by atoms with E-state index in [9.17, 15) is 14.7 Å². The van der Waals surface area contributed by atoms with E-state index in [-0.39, 0.29) is 6.03 Å². The Bertz CT molecular complexity index is 537. The normalized spacial score (nSPS) is 22.1. The average molecular weight is 308 g/mol. The number of nitrogens with zero attached hydrogens (tertiary/aromatic N) is 1. The second-order valence-electron chi connectivity index (χ2n) is 5.82. The molecule has 1 aromatic heterocycles. The van der Waals surface area contributed by atoms with Crippen LogP contribution in [0.5, 0.6) is 0 Å². The van der Waals surface area contributed by atoms with Crippen molar-refractivity contribution in [3.8, 4) is 0 Å². The van der Waals surface area contributed by atoms with Gasteiger partial charge in [-0.05, 0) is 42.2 Å². The van der Waals surface area contributed by atoms with Crippen LogP contribution in [0.1, 0.15) is 42.2 Å². The van der Waals surface area contributed by atoms with Crippen molar-refractivity contribution in [3.05, 3.63) is 21.9 Å². The van der Waals surface area contributed by atoms with Crippen LogP contribution in [0.3, 0.4) is 0 Å². The molecular weight excluding hydrogens is 288 g/mol. The summed E-state index contributed by atoms with van der Waals surface area (Å²) in [4.78, 5) is 26.5. The van der Waals surface area contributed by atoms with Gasteiger partial charge in [0.05, 0.1) is 0 Å². The Morgan fingerprint density at radius 2 is 2.14 bits per heavy atom. The lowest BCUT2D eigenvalue weighted by molar-refractivity contribution is -0.142. The molecule has 6 heteroatoms. The van der Waals surface area contributed by atoms with E-state index in [0.29, 0.717) is 19.0 Å². The highest BCUT2D eigenvalue weighted by Crippen LogP contribution is 2.33. The molecule has 1 saturated carbocycles. The smallest absolute Gasteiger partial charge is 0.331 e. The summed E-state index contributed by atoms with van der Waals surface area (Å²) < 4.78 is 0. The molecule has 0 saturated heterocycles. The van der Waals surface area contributed by atoms with Crippen molar-refractivity contribution >= 4 is 23.3 Å². The number of carboxylic acids is 1. The number of carbonyl (C=O) groups excluding carboxylic acids is 1. The molecular formula is C15H20N2O3S. The first-order valence-electron chi connectivity index (χ1n) is 7.50. The molecule has 1 unspecified atom stereocenters. The van der Waals surface area contributed by atoms with Gasteiger partial charge >= 0.3 is 12.0 Å². The van der Waals surface area contributed by atoms with Gasteiger partial charge in [-0.25, -0.2) is 9.59 Å².